The van der Waals surface area contributed by atoms with Crippen molar-refractivity contribution in [3.63, 3.8) is 0 Å². The third-order valence-corrected chi connectivity index (χ3v) is 5.79. The van der Waals surface area contributed by atoms with Crippen LogP contribution < -0.4 is 10.1 Å². The van der Waals surface area contributed by atoms with Gasteiger partial charge in [-0.05, 0) is 66.8 Å². The van der Waals surface area contributed by atoms with Crippen molar-refractivity contribution in [3.05, 3.63) is 101 Å². The Morgan fingerprint density at radius 3 is 2.22 bits per heavy atom. The molecule has 162 valence electrons. The van der Waals surface area contributed by atoms with Crippen LogP contribution in [-0.4, -0.2) is 30.4 Å². The Balaban J connectivity index is 1.62. The molecule has 0 fully saturated rings. The predicted octanol–water partition coefficient (Wildman–Crippen LogP) is 4.75. The molecule has 3 aromatic rings. The number of imide groups is 1. The quantitative estimate of drug-likeness (QED) is 0.554. The number of methoxy groups -OCH3 is 1. The van der Waals surface area contributed by atoms with E-state index >= 15 is 0 Å². The molecule has 2 amide bonds. The van der Waals surface area contributed by atoms with Gasteiger partial charge in [0.1, 0.15) is 11.4 Å². The highest BCUT2D eigenvalue weighted by atomic mass is 16.5. The van der Waals surface area contributed by atoms with Crippen molar-refractivity contribution < 1.29 is 14.3 Å². The van der Waals surface area contributed by atoms with E-state index in [4.69, 9.17) is 4.74 Å². The van der Waals surface area contributed by atoms with Crippen LogP contribution in [0, 0.1) is 13.8 Å². The van der Waals surface area contributed by atoms with Gasteiger partial charge in [0, 0.05) is 12.2 Å². The molecule has 1 heterocycles. The molecule has 0 radical (unpaired) electrons. The molecule has 3 aromatic carbocycles. The number of nitrogens with zero attached hydrogens (tertiary/aromatic N) is 1. The lowest BCUT2D eigenvalue weighted by Gasteiger charge is -2.15. The molecule has 1 aliphatic heterocycles. The Bertz CT molecular complexity index is 1180. The molecule has 32 heavy (non-hydrogen) atoms. The van der Waals surface area contributed by atoms with E-state index in [1.165, 1.54) is 10.5 Å². The van der Waals surface area contributed by atoms with Crippen LogP contribution in [0.4, 0.5) is 5.69 Å². The molecule has 0 spiro atoms. The average Bonchev–Trinajstić information content (AvgIpc) is 3.04. The molecule has 0 aliphatic carbocycles. The first-order valence-electron chi connectivity index (χ1n) is 10.6. The fraction of sp³-hybridized carbons (Fsp3) is 0.185. The van der Waals surface area contributed by atoms with E-state index in [-0.39, 0.29) is 11.8 Å². The minimum absolute atomic E-state index is 0.277. The zero-order valence-electron chi connectivity index (χ0n) is 18.5. The van der Waals surface area contributed by atoms with Crippen LogP contribution in [0.5, 0.6) is 5.75 Å². The first-order chi connectivity index (χ1) is 15.5. The molecule has 0 aromatic heterocycles. The standard InChI is InChI=1S/C27H26N2O3/c1-18-9-12-22(17-19(18)2)28-25-24(21-7-5-4-6-8-21)26(30)29(27(25)31)16-15-20-10-13-23(32-3)14-11-20/h4-14,17,28H,15-16H2,1-3H3. The number of carbonyl (C=O) groups excluding carboxylic acids is 2. The van der Waals surface area contributed by atoms with Gasteiger partial charge in [0.05, 0.1) is 12.7 Å². The zero-order chi connectivity index (χ0) is 22.7. The van der Waals surface area contributed by atoms with Gasteiger partial charge in [-0.1, -0.05) is 48.5 Å². The molecule has 0 atom stereocenters. The van der Waals surface area contributed by atoms with Gasteiger partial charge in [0.25, 0.3) is 11.8 Å². The van der Waals surface area contributed by atoms with Crippen molar-refractivity contribution in [2.75, 3.05) is 19.0 Å². The number of ether oxygens (including phenoxy) is 1. The molecule has 5 nitrogen and oxygen atoms in total. The highest BCUT2D eigenvalue weighted by Crippen LogP contribution is 2.31. The second-order valence-corrected chi connectivity index (χ2v) is 7.90. The molecule has 0 saturated carbocycles. The third-order valence-electron chi connectivity index (χ3n) is 5.79. The molecular weight excluding hydrogens is 400 g/mol. The lowest BCUT2D eigenvalue weighted by atomic mass is 10.0. The normalized spacial score (nSPS) is 13.7. The number of amides is 2. The van der Waals surface area contributed by atoms with Crippen molar-refractivity contribution in [3.8, 4) is 5.75 Å². The van der Waals surface area contributed by atoms with E-state index in [1.807, 2.05) is 86.6 Å². The Labute approximate surface area is 188 Å². The van der Waals surface area contributed by atoms with Gasteiger partial charge in [-0.25, -0.2) is 0 Å². The van der Waals surface area contributed by atoms with E-state index in [9.17, 15) is 9.59 Å². The number of anilines is 1. The third kappa shape index (κ3) is 4.28. The minimum Gasteiger partial charge on any atom is -0.497 e. The van der Waals surface area contributed by atoms with Crippen molar-refractivity contribution in [1.82, 2.24) is 4.90 Å². The van der Waals surface area contributed by atoms with Crippen molar-refractivity contribution in [2.24, 2.45) is 0 Å². The second kappa shape index (κ2) is 9.10. The molecular formula is C27H26N2O3. The summed E-state index contributed by atoms with van der Waals surface area (Å²) in [5, 5.41) is 3.23. The summed E-state index contributed by atoms with van der Waals surface area (Å²) in [6.45, 7) is 4.37. The lowest BCUT2D eigenvalue weighted by Crippen LogP contribution is -2.34. The van der Waals surface area contributed by atoms with Crippen LogP contribution in [0.1, 0.15) is 22.3 Å². The maximum absolute atomic E-state index is 13.3. The number of benzene rings is 3. The molecule has 5 heteroatoms. The number of aryl methyl sites for hydroxylation is 2. The van der Waals surface area contributed by atoms with Crippen LogP contribution in [0.25, 0.3) is 5.57 Å². The SMILES string of the molecule is COc1ccc(CCN2C(=O)C(Nc3ccc(C)c(C)c3)=C(c3ccccc3)C2=O)cc1. The molecule has 0 bridgehead atoms. The first-order valence-corrected chi connectivity index (χ1v) is 10.6. The fourth-order valence-corrected chi connectivity index (χ4v) is 3.76. The van der Waals surface area contributed by atoms with E-state index < -0.39 is 0 Å². The van der Waals surface area contributed by atoms with E-state index in [1.54, 1.807) is 7.11 Å². The number of nitrogens with one attached hydrogen (secondary N) is 1. The van der Waals surface area contributed by atoms with E-state index in [2.05, 4.69) is 5.32 Å². The minimum atomic E-state index is -0.305. The average molecular weight is 427 g/mol. The summed E-state index contributed by atoms with van der Waals surface area (Å²) >= 11 is 0. The van der Waals surface area contributed by atoms with E-state index in [0.29, 0.717) is 24.2 Å². The van der Waals surface area contributed by atoms with Gasteiger partial charge >= 0.3 is 0 Å². The smallest absolute Gasteiger partial charge is 0.278 e. The van der Waals surface area contributed by atoms with Crippen molar-refractivity contribution in [2.45, 2.75) is 20.3 Å². The van der Waals surface area contributed by atoms with Gasteiger partial charge < -0.3 is 10.1 Å². The molecule has 0 unspecified atom stereocenters. The highest BCUT2D eigenvalue weighted by molar-refractivity contribution is 6.36. The summed E-state index contributed by atoms with van der Waals surface area (Å²) in [6.07, 6.45) is 0.570. The zero-order valence-corrected chi connectivity index (χ0v) is 18.5. The van der Waals surface area contributed by atoms with Gasteiger partial charge in [0.2, 0.25) is 0 Å². The summed E-state index contributed by atoms with van der Waals surface area (Å²) < 4.78 is 5.20. The largest absolute Gasteiger partial charge is 0.497 e. The maximum Gasteiger partial charge on any atom is 0.278 e. The van der Waals surface area contributed by atoms with Crippen molar-refractivity contribution in [1.29, 1.82) is 0 Å². The van der Waals surface area contributed by atoms with Crippen molar-refractivity contribution >= 4 is 23.1 Å². The summed E-state index contributed by atoms with van der Waals surface area (Å²) in [7, 11) is 1.62. The van der Waals surface area contributed by atoms with Gasteiger partial charge in [-0.15, -0.1) is 0 Å². The lowest BCUT2D eigenvalue weighted by molar-refractivity contribution is -0.136. The van der Waals surface area contributed by atoms with Crippen LogP contribution in [0.2, 0.25) is 0 Å². The van der Waals surface area contributed by atoms with Crippen LogP contribution in [0.15, 0.2) is 78.5 Å². The molecule has 1 aliphatic rings. The number of rotatable bonds is 7. The summed E-state index contributed by atoms with van der Waals surface area (Å²) in [4.78, 5) is 28.0. The Morgan fingerprint density at radius 1 is 0.844 bits per heavy atom. The predicted molar refractivity (Wildman–Crippen MR) is 126 cm³/mol. The van der Waals surface area contributed by atoms with Gasteiger partial charge in [-0.3, -0.25) is 14.5 Å². The van der Waals surface area contributed by atoms with Gasteiger partial charge in [-0.2, -0.15) is 0 Å². The van der Waals surface area contributed by atoms with Crippen LogP contribution in [0.3, 0.4) is 0 Å². The number of hydrogen-bond donors (Lipinski definition) is 1. The Hall–Kier alpha value is -3.86. The monoisotopic (exact) mass is 426 g/mol. The summed E-state index contributed by atoms with van der Waals surface area (Å²) in [6, 6.07) is 22.9. The molecule has 0 saturated heterocycles. The fourth-order valence-electron chi connectivity index (χ4n) is 3.76. The molecule has 1 N–H and O–H groups in total. The first kappa shape index (κ1) is 21.4. The summed E-state index contributed by atoms with van der Waals surface area (Å²) in [5.74, 6) is 0.191. The van der Waals surface area contributed by atoms with E-state index in [0.717, 1.165) is 28.1 Å². The summed E-state index contributed by atoms with van der Waals surface area (Å²) in [5.41, 5.74) is 5.55. The number of carbonyl (C=O) groups is 2. The van der Waals surface area contributed by atoms with Crippen LogP contribution in [-0.2, 0) is 16.0 Å². The Kier molecular flexibility index (Phi) is 6.08. The molecule has 4 rings (SSSR count). The second-order valence-electron chi connectivity index (χ2n) is 7.90. The number of hydrogen-bond acceptors (Lipinski definition) is 4. The maximum atomic E-state index is 13.3. The Morgan fingerprint density at radius 2 is 1.56 bits per heavy atom. The highest BCUT2D eigenvalue weighted by Gasteiger charge is 2.38. The van der Waals surface area contributed by atoms with Gasteiger partial charge in [0.15, 0.2) is 0 Å². The van der Waals surface area contributed by atoms with Crippen LogP contribution >= 0.6 is 0 Å². The topological polar surface area (TPSA) is 58.6 Å².